The Morgan fingerprint density at radius 3 is 2.65 bits per heavy atom. The molecule has 0 atom stereocenters. The zero-order chi connectivity index (χ0) is 14.3. The molecular weight excluding hydrogens is 269 g/mol. The molecule has 0 spiro atoms. The van der Waals surface area contributed by atoms with Crippen molar-refractivity contribution in [3.05, 3.63) is 52.3 Å². The highest BCUT2D eigenvalue weighted by atomic mass is 19.2. The fourth-order valence-electron chi connectivity index (χ4n) is 2.15. The van der Waals surface area contributed by atoms with Crippen molar-refractivity contribution in [1.82, 2.24) is 9.55 Å². The van der Waals surface area contributed by atoms with Crippen LogP contribution in [-0.2, 0) is 6.54 Å². The van der Waals surface area contributed by atoms with Gasteiger partial charge in [0.25, 0.3) is 0 Å². The molecule has 0 aliphatic rings. The molecule has 0 aliphatic carbocycles. The van der Waals surface area contributed by atoms with Gasteiger partial charge >= 0.3 is 0 Å². The van der Waals surface area contributed by atoms with Gasteiger partial charge in [0.1, 0.15) is 12.3 Å². The van der Waals surface area contributed by atoms with Crippen molar-refractivity contribution >= 4 is 21.9 Å². The van der Waals surface area contributed by atoms with Gasteiger partial charge in [-0.15, -0.1) is 0 Å². The second kappa shape index (κ2) is 4.63. The van der Waals surface area contributed by atoms with Crippen LogP contribution in [0.4, 0.5) is 13.2 Å². The lowest BCUT2D eigenvalue weighted by molar-refractivity contribution is 0.449. The maximum Gasteiger partial charge on any atom is 0.191 e. The molecule has 0 fully saturated rings. The summed E-state index contributed by atoms with van der Waals surface area (Å²) in [7, 11) is 0. The van der Waals surface area contributed by atoms with Crippen LogP contribution < -0.4 is 5.43 Å². The Balaban J connectivity index is 2.43. The molecular formula is C14H9F3N2O. The summed E-state index contributed by atoms with van der Waals surface area (Å²) in [6.45, 7) is -0.575. The van der Waals surface area contributed by atoms with Gasteiger partial charge in [-0.25, -0.2) is 18.2 Å². The molecule has 0 amide bonds. The molecule has 0 bridgehead atoms. The topological polar surface area (TPSA) is 34.9 Å². The van der Waals surface area contributed by atoms with E-state index < -0.39 is 18.3 Å². The number of hydrogen-bond donors (Lipinski definition) is 0. The Morgan fingerprint density at radius 2 is 1.90 bits per heavy atom. The lowest BCUT2D eigenvalue weighted by Crippen LogP contribution is -2.10. The SMILES string of the molecule is O=c1ccn(CCF)c2nc3cc(F)c(F)cc3cc12. The minimum Gasteiger partial charge on any atom is -0.330 e. The van der Waals surface area contributed by atoms with E-state index in [-0.39, 0.29) is 28.5 Å². The molecule has 3 rings (SSSR count). The van der Waals surface area contributed by atoms with Crippen molar-refractivity contribution in [2.45, 2.75) is 6.54 Å². The number of aryl methyl sites for hydroxylation is 1. The Hall–Kier alpha value is -2.37. The van der Waals surface area contributed by atoms with E-state index in [1.165, 1.54) is 22.9 Å². The lowest BCUT2D eigenvalue weighted by atomic mass is 10.1. The largest absolute Gasteiger partial charge is 0.330 e. The van der Waals surface area contributed by atoms with Crippen molar-refractivity contribution in [3.8, 4) is 0 Å². The van der Waals surface area contributed by atoms with Crippen LogP contribution in [0.1, 0.15) is 0 Å². The van der Waals surface area contributed by atoms with Crippen molar-refractivity contribution < 1.29 is 13.2 Å². The fourth-order valence-corrected chi connectivity index (χ4v) is 2.15. The lowest BCUT2D eigenvalue weighted by Gasteiger charge is -2.09. The zero-order valence-electron chi connectivity index (χ0n) is 10.2. The molecule has 0 saturated heterocycles. The first-order chi connectivity index (χ1) is 9.60. The third-order valence-corrected chi connectivity index (χ3v) is 3.11. The van der Waals surface area contributed by atoms with E-state index in [4.69, 9.17) is 0 Å². The first-order valence-electron chi connectivity index (χ1n) is 5.95. The van der Waals surface area contributed by atoms with Gasteiger partial charge in [0.05, 0.1) is 17.4 Å². The van der Waals surface area contributed by atoms with E-state index in [1.54, 1.807) is 0 Å². The van der Waals surface area contributed by atoms with Gasteiger partial charge in [-0.1, -0.05) is 0 Å². The van der Waals surface area contributed by atoms with Crippen LogP contribution in [-0.4, -0.2) is 16.2 Å². The maximum absolute atomic E-state index is 13.2. The number of hydrogen-bond acceptors (Lipinski definition) is 2. The molecule has 0 unspecified atom stereocenters. The fraction of sp³-hybridized carbons (Fsp3) is 0.143. The number of rotatable bonds is 2. The van der Waals surface area contributed by atoms with Crippen LogP contribution in [0.3, 0.4) is 0 Å². The minimum atomic E-state index is -1.01. The highest BCUT2D eigenvalue weighted by Crippen LogP contribution is 2.20. The van der Waals surface area contributed by atoms with Crippen LogP contribution in [0, 0.1) is 11.6 Å². The van der Waals surface area contributed by atoms with Gasteiger partial charge in [-0.3, -0.25) is 4.79 Å². The smallest absolute Gasteiger partial charge is 0.191 e. The Bertz CT molecular complexity index is 874. The Kier molecular flexibility index (Phi) is 2.93. The van der Waals surface area contributed by atoms with Gasteiger partial charge in [-0.05, 0) is 12.1 Å². The third-order valence-electron chi connectivity index (χ3n) is 3.11. The first-order valence-corrected chi connectivity index (χ1v) is 5.95. The van der Waals surface area contributed by atoms with Crippen molar-refractivity contribution in [3.63, 3.8) is 0 Å². The number of nitrogens with zero attached hydrogens (tertiary/aromatic N) is 2. The predicted molar refractivity (Wildman–Crippen MR) is 69.4 cm³/mol. The highest BCUT2D eigenvalue weighted by molar-refractivity contribution is 5.91. The molecule has 2 aromatic heterocycles. The second-order valence-electron chi connectivity index (χ2n) is 4.38. The average Bonchev–Trinajstić information content (AvgIpc) is 2.42. The van der Waals surface area contributed by atoms with Crippen molar-refractivity contribution in [2.75, 3.05) is 6.67 Å². The summed E-state index contributed by atoms with van der Waals surface area (Å²) in [6.07, 6.45) is 1.43. The van der Waals surface area contributed by atoms with Crippen LogP contribution in [0.5, 0.6) is 0 Å². The van der Waals surface area contributed by atoms with E-state index in [9.17, 15) is 18.0 Å². The van der Waals surface area contributed by atoms with Gasteiger partial charge in [-0.2, -0.15) is 0 Å². The molecule has 1 aromatic carbocycles. The summed E-state index contributed by atoms with van der Waals surface area (Å²) in [4.78, 5) is 16.0. The van der Waals surface area contributed by atoms with E-state index in [1.807, 2.05) is 0 Å². The second-order valence-corrected chi connectivity index (χ2v) is 4.38. The average molecular weight is 278 g/mol. The number of alkyl halides is 1. The normalized spacial score (nSPS) is 11.3. The molecule has 3 nitrogen and oxygen atoms in total. The van der Waals surface area contributed by atoms with Crippen molar-refractivity contribution in [1.29, 1.82) is 0 Å². The Labute approximate surface area is 111 Å². The van der Waals surface area contributed by atoms with E-state index in [0.29, 0.717) is 5.39 Å². The summed E-state index contributed by atoms with van der Waals surface area (Å²) in [5.74, 6) is -2.02. The number of aromatic nitrogens is 2. The number of halogens is 3. The van der Waals surface area contributed by atoms with E-state index in [2.05, 4.69) is 4.98 Å². The van der Waals surface area contributed by atoms with E-state index in [0.717, 1.165) is 12.1 Å². The van der Waals surface area contributed by atoms with Crippen molar-refractivity contribution in [2.24, 2.45) is 0 Å². The molecule has 0 saturated carbocycles. The molecule has 0 aliphatic heterocycles. The minimum absolute atomic E-state index is 0.0406. The summed E-state index contributed by atoms with van der Waals surface area (Å²) in [6, 6.07) is 4.69. The number of fused-ring (bicyclic) bond motifs is 2. The quantitative estimate of drug-likeness (QED) is 0.676. The number of benzene rings is 1. The molecule has 6 heteroatoms. The van der Waals surface area contributed by atoms with E-state index >= 15 is 0 Å². The predicted octanol–water partition coefficient (Wildman–Crippen LogP) is 2.80. The summed E-state index contributed by atoms with van der Waals surface area (Å²) >= 11 is 0. The van der Waals surface area contributed by atoms with Crippen LogP contribution >= 0.6 is 0 Å². The maximum atomic E-state index is 13.2. The standard InChI is InChI=1S/C14H9F3N2O/c15-2-4-19-3-1-13(20)9-5-8-6-10(16)11(17)7-12(8)18-14(9)19/h1,3,5-7H,2,4H2. The first kappa shape index (κ1) is 12.7. The van der Waals surface area contributed by atoms with Gasteiger partial charge in [0.15, 0.2) is 17.1 Å². The van der Waals surface area contributed by atoms with Gasteiger partial charge < -0.3 is 4.57 Å². The molecule has 0 N–H and O–H groups in total. The highest BCUT2D eigenvalue weighted by Gasteiger charge is 2.10. The van der Waals surface area contributed by atoms with Crippen LogP contribution in [0.15, 0.2) is 35.3 Å². The molecule has 2 heterocycles. The number of pyridine rings is 2. The van der Waals surface area contributed by atoms with Crippen LogP contribution in [0.25, 0.3) is 21.9 Å². The summed E-state index contributed by atoms with van der Waals surface area (Å²) in [5, 5.41) is 0.575. The summed E-state index contributed by atoms with van der Waals surface area (Å²) < 4.78 is 40.4. The van der Waals surface area contributed by atoms with Gasteiger partial charge in [0.2, 0.25) is 0 Å². The zero-order valence-corrected chi connectivity index (χ0v) is 10.2. The van der Waals surface area contributed by atoms with Gasteiger partial charge in [0, 0.05) is 23.7 Å². The Morgan fingerprint density at radius 1 is 1.15 bits per heavy atom. The molecule has 102 valence electrons. The molecule has 3 aromatic rings. The third kappa shape index (κ3) is 1.93. The van der Waals surface area contributed by atoms with Crippen LogP contribution in [0.2, 0.25) is 0 Å². The summed E-state index contributed by atoms with van der Waals surface area (Å²) in [5.41, 5.74) is 0.178. The molecule has 20 heavy (non-hydrogen) atoms. The monoisotopic (exact) mass is 278 g/mol. The molecule has 0 radical (unpaired) electrons.